The maximum Gasteiger partial charge on any atom is 0.237 e. The van der Waals surface area contributed by atoms with E-state index < -0.39 is 0 Å². The molecule has 7 nitrogen and oxygen atoms in total. The average Bonchev–Trinajstić information content (AvgIpc) is 2.93. The number of hydrogen-bond donors (Lipinski definition) is 1. The van der Waals surface area contributed by atoms with Gasteiger partial charge in [0, 0.05) is 19.0 Å². The molecule has 0 spiro atoms. The van der Waals surface area contributed by atoms with Crippen molar-refractivity contribution in [3.63, 3.8) is 0 Å². The highest BCUT2D eigenvalue weighted by atomic mass is 16.4. The smallest absolute Gasteiger partial charge is 0.237 e. The second kappa shape index (κ2) is 4.85. The van der Waals surface area contributed by atoms with Crippen LogP contribution >= 0.6 is 0 Å². The molecular weight excluding hydrogens is 232 g/mol. The average molecular weight is 248 g/mol. The fourth-order valence-electron chi connectivity index (χ4n) is 1.67. The van der Waals surface area contributed by atoms with Gasteiger partial charge in [-0.05, 0) is 12.8 Å². The van der Waals surface area contributed by atoms with Crippen molar-refractivity contribution in [2.24, 2.45) is 0 Å². The highest BCUT2D eigenvalue weighted by Gasteiger charge is 2.20. The van der Waals surface area contributed by atoms with Crippen LogP contribution in [0, 0.1) is 0 Å². The van der Waals surface area contributed by atoms with Gasteiger partial charge in [0.1, 0.15) is 6.54 Å². The van der Waals surface area contributed by atoms with E-state index in [-0.39, 0.29) is 0 Å². The molecule has 2 heterocycles. The summed E-state index contributed by atoms with van der Waals surface area (Å²) in [6.07, 6.45) is 5.21. The number of hydrogen-bond acceptors (Lipinski definition) is 6. The Kier molecular flexibility index (Phi) is 3.06. The lowest BCUT2D eigenvalue weighted by Gasteiger charge is -1.96. The van der Waals surface area contributed by atoms with Crippen molar-refractivity contribution < 1.29 is 4.42 Å². The zero-order chi connectivity index (χ0) is 12.4. The van der Waals surface area contributed by atoms with Crippen molar-refractivity contribution in [1.29, 1.82) is 0 Å². The van der Waals surface area contributed by atoms with Crippen molar-refractivity contribution >= 4 is 0 Å². The van der Waals surface area contributed by atoms with Crippen LogP contribution in [0.5, 0.6) is 0 Å². The standard InChI is InChI=1S/C11H16N6O/c1-2-10-14-15-11(18-10)7-17-6-9(13-16-17)5-12-8-3-4-8/h6,8,12H,2-5,7H2,1H3. The Morgan fingerprint density at radius 1 is 1.33 bits per heavy atom. The highest BCUT2D eigenvalue weighted by molar-refractivity contribution is 4.95. The molecule has 1 aliphatic carbocycles. The molecule has 3 rings (SSSR count). The van der Waals surface area contributed by atoms with Crippen LogP contribution in [0.3, 0.4) is 0 Å². The quantitative estimate of drug-likeness (QED) is 0.802. The lowest BCUT2D eigenvalue weighted by molar-refractivity contribution is 0.430. The van der Waals surface area contributed by atoms with E-state index in [1.54, 1.807) is 4.68 Å². The zero-order valence-electron chi connectivity index (χ0n) is 10.3. The first-order valence-electron chi connectivity index (χ1n) is 6.27. The second-order valence-electron chi connectivity index (χ2n) is 4.51. The van der Waals surface area contributed by atoms with E-state index in [4.69, 9.17) is 4.42 Å². The molecule has 7 heteroatoms. The molecule has 96 valence electrons. The molecular formula is C11H16N6O. The predicted molar refractivity (Wildman–Crippen MR) is 62.7 cm³/mol. The summed E-state index contributed by atoms with van der Waals surface area (Å²) < 4.78 is 7.15. The predicted octanol–water partition coefficient (Wildman–Crippen LogP) is 0.524. The maximum atomic E-state index is 5.43. The SMILES string of the molecule is CCc1nnc(Cn2cc(CNC3CC3)nn2)o1. The van der Waals surface area contributed by atoms with E-state index >= 15 is 0 Å². The van der Waals surface area contributed by atoms with Crippen molar-refractivity contribution in [3.8, 4) is 0 Å². The van der Waals surface area contributed by atoms with Crippen LogP contribution in [0.4, 0.5) is 0 Å². The maximum absolute atomic E-state index is 5.43. The van der Waals surface area contributed by atoms with Gasteiger partial charge in [-0.2, -0.15) is 0 Å². The van der Waals surface area contributed by atoms with Crippen LogP contribution in [0.1, 0.15) is 37.2 Å². The van der Waals surface area contributed by atoms with Gasteiger partial charge in [0.05, 0.1) is 11.9 Å². The Morgan fingerprint density at radius 2 is 2.17 bits per heavy atom. The molecule has 1 fully saturated rings. The molecule has 2 aromatic rings. The topological polar surface area (TPSA) is 81.7 Å². The molecule has 18 heavy (non-hydrogen) atoms. The largest absolute Gasteiger partial charge is 0.423 e. The Labute approximate surface area is 105 Å². The summed E-state index contributed by atoms with van der Waals surface area (Å²) in [5.74, 6) is 1.22. The first kappa shape index (κ1) is 11.3. The fraction of sp³-hybridized carbons (Fsp3) is 0.636. The van der Waals surface area contributed by atoms with Crippen LogP contribution in [-0.4, -0.2) is 31.2 Å². The molecule has 2 aromatic heterocycles. The van der Waals surface area contributed by atoms with Gasteiger partial charge in [-0.25, -0.2) is 4.68 Å². The Balaban J connectivity index is 1.58. The summed E-state index contributed by atoms with van der Waals surface area (Å²) in [5, 5.41) is 19.4. The number of aromatic nitrogens is 5. The normalized spacial score (nSPS) is 15.2. The van der Waals surface area contributed by atoms with Gasteiger partial charge in [-0.1, -0.05) is 12.1 Å². The highest BCUT2D eigenvalue weighted by Crippen LogP contribution is 2.18. The van der Waals surface area contributed by atoms with E-state index in [1.807, 2.05) is 13.1 Å². The molecule has 0 aromatic carbocycles. The van der Waals surface area contributed by atoms with Crippen LogP contribution < -0.4 is 5.32 Å². The fourth-order valence-corrected chi connectivity index (χ4v) is 1.67. The molecule has 0 saturated heterocycles. The molecule has 0 bridgehead atoms. The molecule has 0 amide bonds. The zero-order valence-corrected chi connectivity index (χ0v) is 10.3. The van der Waals surface area contributed by atoms with Crippen molar-refractivity contribution in [3.05, 3.63) is 23.7 Å². The van der Waals surface area contributed by atoms with E-state index in [9.17, 15) is 0 Å². The molecule has 0 aliphatic heterocycles. The van der Waals surface area contributed by atoms with E-state index in [0.717, 1.165) is 18.7 Å². The number of aryl methyl sites for hydroxylation is 1. The van der Waals surface area contributed by atoms with Gasteiger partial charge in [0.2, 0.25) is 11.8 Å². The molecule has 1 saturated carbocycles. The molecule has 1 N–H and O–H groups in total. The first-order chi connectivity index (χ1) is 8.83. The van der Waals surface area contributed by atoms with Crippen LogP contribution in [0.25, 0.3) is 0 Å². The van der Waals surface area contributed by atoms with Crippen molar-refractivity contribution in [2.75, 3.05) is 0 Å². The first-order valence-corrected chi connectivity index (χ1v) is 6.27. The number of nitrogens with one attached hydrogen (secondary N) is 1. The summed E-state index contributed by atoms with van der Waals surface area (Å²) in [6.45, 7) is 3.23. The summed E-state index contributed by atoms with van der Waals surface area (Å²) in [5.41, 5.74) is 0.942. The minimum absolute atomic E-state index is 0.476. The third kappa shape index (κ3) is 2.73. The number of nitrogens with zero attached hydrogens (tertiary/aromatic N) is 5. The third-order valence-electron chi connectivity index (χ3n) is 2.84. The van der Waals surface area contributed by atoms with E-state index in [2.05, 4.69) is 25.8 Å². The minimum Gasteiger partial charge on any atom is -0.423 e. The van der Waals surface area contributed by atoms with Gasteiger partial charge in [-0.3, -0.25) is 0 Å². The monoisotopic (exact) mass is 248 g/mol. The van der Waals surface area contributed by atoms with Crippen LogP contribution in [-0.2, 0) is 19.5 Å². The Hall–Kier alpha value is -1.76. The van der Waals surface area contributed by atoms with Crippen molar-refractivity contribution in [2.45, 2.75) is 45.3 Å². The summed E-state index contributed by atoms with van der Waals surface area (Å²) in [4.78, 5) is 0. The number of rotatable bonds is 6. The van der Waals surface area contributed by atoms with E-state index in [1.165, 1.54) is 12.8 Å². The summed E-state index contributed by atoms with van der Waals surface area (Å²) in [7, 11) is 0. The van der Waals surface area contributed by atoms with Gasteiger partial charge in [0.25, 0.3) is 0 Å². The summed E-state index contributed by atoms with van der Waals surface area (Å²) in [6, 6.07) is 0.679. The summed E-state index contributed by atoms with van der Waals surface area (Å²) >= 11 is 0. The lowest BCUT2D eigenvalue weighted by Crippen LogP contribution is -2.15. The van der Waals surface area contributed by atoms with E-state index in [0.29, 0.717) is 24.4 Å². The minimum atomic E-state index is 0.476. The van der Waals surface area contributed by atoms with Gasteiger partial charge in [-0.15, -0.1) is 15.3 Å². The molecule has 0 unspecified atom stereocenters. The molecule has 1 aliphatic rings. The van der Waals surface area contributed by atoms with Gasteiger partial charge < -0.3 is 9.73 Å². The molecule has 0 atom stereocenters. The Morgan fingerprint density at radius 3 is 2.89 bits per heavy atom. The van der Waals surface area contributed by atoms with Crippen LogP contribution in [0.15, 0.2) is 10.6 Å². The molecule has 0 radical (unpaired) electrons. The Bertz CT molecular complexity index is 515. The van der Waals surface area contributed by atoms with Crippen molar-refractivity contribution in [1.82, 2.24) is 30.5 Å². The second-order valence-corrected chi connectivity index (χ2v) is 4.51. The van der Waals surface area contributed by atoms with Gasteiger partial charge >= 0.3 is 0 Å². The van der Waals surface area contributed by atoms with Gasteiger partial charge in [0.15, 0.2) is 0 Å². The third-order valence-corrected chi connectivity index (χ3v) is 2.84. The van der Waals surface area contributed by atoms with Crippen LogP contribution in [0.2, 0.25) is 0 Å². The lowest BCUT2D eigenvalue weighted by atomic mass is 10.4.